The van der Waals surface area contributed by atoms with Crippen LogP contribution in [-0.2, 0) is 22.0 Å². The number of phosphoric ester groups is 1. The van der Waals surface area contributed by atoms with Crippen molar-refractivity contribution in [2.24, 2.45) is 0 Å². The number of imidazole rings is 1. The molecule has 0 aliphatic carbocycles. The molecule has 42 heavy (non-hydrogen) atoms. The van der Waals surface area contributed by atoms with Gasteiger partial charge in [-0.05, 0) is 12.1 Å². The number of alkyl halides is 5. The number of rotatable bonds is 7. The molecular formula is C21H16F6N7O7P. The van der Waals surface area contributed by atoms with Crippen molar-refractivity contribution in [3.63, 3.8) is 0 Å². The molecule has 0 amide bonds. The summed E-state index contributed by atoms with van der Waals surface area (Å²) in [5.41, 5.74) is -4.85. The van der Waals surface area contributed by atoms with Gasteiger partial charge >= 0.3 is 25.6 Å². The van der Waals surface area contributed by atoms with Crippen LogP contribution in [0.1, 0.15) is 5.69 Å². The van der Waals surface area contributed by atoms with E-state index in [0.29, 0.717) is 21.3 Å². The molecule has 224 valence electrons. The molecule has 21 heteroatoms. The highest BCUT2D eigenvalue weighted by molar-refractivity contribution is 7.46. The second kappa shape index (κ2) is 10.2. The zero-order chi connectivity index (χ0) is 30.6. The van der Waals surface area contributed by atoms with E-state index < -0.39 is 80.0 Å². The van der Waals surface area contributed by atoms with Crippen molar-refractivity contribution in [1.29, 1.82) is 0 Å². The average molecular weight is 623 g/mol. The molecule has 0 radical (unpaired) electrons. The van der Waals surface area contributed by atoms with Crippen LogP contribution < -0.4 is 20.9 Å². The number of halogens is 6. The Balaban J connectivity index is 1.53. The van der Waals surface area contributed by atoms with Gasteiger partial charge in [-0.1, -0.05) is 0 Å². The first kappa shape index (κ1) is 29.2. The fourth-order valence-electron chi connectivity index (χ4n) is 4.08. The van der Waals surface area contributed by atoms with Gasteiger partial charge in [0.05, 0.1) is 30.5 Å². The van der Waals surface area contributed by atoms with Gasteiger partial charge in [-0.3, -0.25) is 23.9 Å². The summed E-state index contributed by atoms with van der Waals surface area (Å²) in [5.74, 6) is -5.24. The van der Waals surface area contributed by atoms with Crippen LogP contribution >= 0.6 is 7.82 Å². The van der Waals surface area contributed by atoms with Gasteiger partial charge in [-0.15, -0.1) is 0 Å². The number of nitrogens with one attached hydrogen (secondary N) is 1. The molecule has 0 unspecified atom stereocenters. The maximum atomic E-state index is 15.0. The molecule has 5 rings (SSSR count). The molecule has 0 saturated carbocycles. The average Bonchev–Trinajstić information content (AvgIpc) is 3.40. The first-order valence-corrected chi connectivity index (χ1v) is 13.0. The monoisotopic (exact) mass is 623 g/mol. The summed E-state index contributed by atoms with van der Waals surface area (Å²) in [6.45, 7) is -2.70. The van der Waals surface area contributed by atoms with Crippen molar-refractivity contribution >= 4 is 19.2 Å². The fraction of sp³-hybridized carbons (Fsp3) is 0.286. The van der Waals surface area contributed by atoms with Crippen molar-refractivity contribution < 1.29 is 50.0 Å². The largest absolute Gasteiger partial charge is 0.482 e. The Morgan fingerprint density at radius 1 is 1.19 bits per heavy atom. The van der Waals surface area contributed by atoms with Crippen LogP contribution in [0.25, 0.3) is 16.9 Å². The summed E-state index contributed by atoms with van der Waals surface area (Å²) in [5, 5.41) is 3.92. The van der Waals surface area contributed by atoms with Crippen molar-refractivity contribution in [3.05, 3.63) is 69.3 Å². The summed E-state index contributed by atoms with van der Waals surface area (Å²) in [7, 11) is -5.04. The van der Waals surface area contributed by atoms with Gasteiger partial charge in [0.25, 0.3) is 5.56 Å². The van der Waals surface area contributed by atoms with Gasteiger partial charge in [-0.25, -0.2) is 23.1 Å². The van der Waals surface area contributed by atoms with Crippen LogP contribution in [0.5, 0.6) is 5.75 Å². The van der Waals surface area contributed by atoms with Crippen molar-refractivity contribution in [1.82, 2.24) is 29.1 Å². The predicted octanol–water partition coefficient (Wildman–Crippen LogP) is 1.77. The number of hydrogen-bond donors (Lipinski definition) is 3. The normalized spacial score (nSPS) is 17.2. The quantitative estimate of drug-likeness (QED) is 0.202. The van der Waals surface area contributed by atoms with E-state index in [4.69, 9.17) is 14.5 Å². The lowest BCUT2D eigenvalue weighted by Gasteiger charge is -2.20. The molecule has 1 aliphatic rings. The molecule has 3 N–H and O–H groups in total. The zero-order valence-corrected chi connectivity index (χ0v) is 21.4. The van der Waals surface area contributed by atoms with Gasteiger partial charge < -0.3 is 19.4 Å². The van der Waals surface area contributed by atoms with Crippen molar-refractivity contribution in [2.45, 2.75) is 24.9 Å². The lowest BCUT2D eigenvalue weighted by molar-refractivity contribution is -0.141. The molecular weight excluding hydrogens is 607 g/mol. The molecule has 1 saturated heterocycles. The van der Waals surface area contributed by atoms with Gasteiger partial charge in [-0.2, -0.15) is 27.2 Å². The molecule has 14 nitrogen and oxygen atoms in total. The Labute approximate surface area is 228 Å². The number of ether oxygens (including phenoxy) is 1. The minimum atomic E-state index is -5.04. The van der Waals surface area contributed by atoms with Gasteiger partial charge in [0.1, 0.15) is 23.9 Å². The molecule has 0 aromatic carbocycles. The fourth-order valence-corrected chi connectivity index (χ4v) is 4.35. The summed E-state index contributed by atoms with van der Waals surface area (Å²) >= 11 is 0. The third-order valence-electron chi connectivity index (χ3n) is 5.96. The molecule has 1 atom stereocenters. The van der Waals surface area contributed by atoms with Gasteiger partial charge in [0.15, 0.2) is 11.8 Å². The molecule has 0 bridgehead atoms. The predicted molar refractivity (Wildman–Crippen MR) is 127 cm³/mol. The topological polar surface area (TPSA) is 177 Å². The smallest absolute Gasteiger partial charge is 0.471 e. The molecule has 1 aliphatic heterocycles. The SMILES string of the molecule is O=c1[nH]c(=O)n(COP(=O)(O)O)cc1-c1cc(N2C[C@H](Oc3ccnc(C(F)(F)F)c3)C(F)(F)C2)c2ncc(F)n2n1. The lowest BCUT2D eigenvalue weighted by atomic mass is 10.2. The van der Waals surface area contributed by atoms with E-state index in [-0.39, 0.29) is 17.0 Å². The highest BCUT2D eigenvalue weighted by Crippen LogP contribution is 2.38. The second-order valence-electron chi connectivity index (χ2n) is 8.87. The van der Waals surface area contributed by atoms with Crippen LogP contribution in [0.4, 0.5) is 32.0 Å². The maximum absolute atomic E-state index is 15.0. The molecule has 1 fully saturated rings. The lowest BCUT2D eigenvalue weighted by Crippen LogP contribution is -2.36. The molecule has 5 heterocycles. The minimum absolute atomic E-state index is 0.191. The zero-order valence-electron chi connectivity index (χ0n) is 20.5. The van der Waals surface area contributed by atoms with Gasteiger partial charge in [0.2, 0.25) is 5.95 Å². The van der Waals surface area contributed by atoms with E-state index >= 15 is 8.78 Å². The van der Waals surface area contributed by atoms with E-state index in [1.54, 1.807) is 0 Å². The Hall–Kier alpha value is -4.26. The summed E-state index contributed by atoms with van der Waals surface area (Å²) in [4.78, 5) is 52.3. The Kier molecular flexibility index (Phi) is 7.12. The van der Waals surface area contributed by atoms with Crippen LogP contribution in [0, 0.1) is 5.95 Å². The second-order valence-corrected chi connectivity index (χ2v) is 10.1. The number of pyridine rings is 1. The summed E-state index contributed by atoms with van der Waals surface area (Å²) in [6.07, 6.45) is -4.57. The number of aromatic nitrogens is 6. The summed E-state index contributed by atoms with van der Waals surface area (Å²) < 4.78 is 105. The highest BCUT2D eigenvalue weighted by atomic mass is 31.2. The Bertz CT molecular complexity index is 1840. The molecule has 4 aromatic heterocycles. The third-order valence-corrected chi connectivity index (χ3v) is 6.41. The standard InChI is InChI=1S/C21H16F6N7O7P/c22-16-5-29-17-13(32-7-15(20(23,24)8-32)41-10-1-2-28-14(3-10)21(25,26)27)4-12(31-34(16)17)11-6-33(9-40-42(37,38)39)19(36)30-18(11)35/h1-6,15H,7-9H2,(H,30,35,36)(H2,37,38,39)/t15-/m0/s1. The minimum Gasteiger partial charge on any atom is -0.482 e. The van der Waals surface area contributed by atoms with Crippen molar-refractivity contribution in [2.75, 3.05) is 18.0 Å². The first-order valence-electron chi connectivity index (χ1n) is 11.4. The number of nitrogens with zero attached hydrogens (tertiary/aromatic N) is 6. The van der Waals surface area contributed by atoms with E-state index in [9.17, 15) is 31.7 Å². The van der Waals surface area contributed by atoms with E-state index in [2.05, 4.69) is 19.6 Å². The van der Waals surface area contributed by atoms with Crippen LogP contribution in [0.15, 0.2) is 46.4 Å². The Morgan fingerprint density at radius 2 is 1.93 bits per heavy atom. The molecule has 0 spiro atoms. The number of phosphoric acid groups is 1. The molecule has 4 aromatic rings. The number of aromatic amines is 1. The number of hydrogen-bond acceptors (Lipinski definition) is 9. The van der Waals surface area contributed by atoms with Gasteiger partial charge in [0, 0.05) is 18.5 Å². The van der Waals surface area contributed by atoms with Crippen molar-refractivity contribution in [3.8, 4) is 17.0 Å². The number of H-pyrrole nitrogens is 1. The Morgan fingerprint density at radius 3 is 2.62 bits per heavy atom. The third kappa shape index (κ3) is 5.87. The highest BCUT2D eigenvalue weighted by Gasteiger charge is 2.51. The van der Waals surface area contributed by atoms with Crippen LogP contribution in [0.2, 0.25) is 0 Å². The van der Waals surface area contributed by atoms with E-state index in [1.165, 1.54) is 0 Å². The maximum Gasteiger partial charge on any atom is 0.471 e. The summed E-state index contributed by atoms with van der Waals surface area (Å²) in [6, 6.07) is 2.50. The number of anilines is 1. The number of fused-ring (bicyclic) bond motifs is 1. The first-order chi connectivity index (χ1) is 19.5. The van der Waals surface area contributed by atoms with E-state index in [0.717, 1.165) is 29.4 Å². The van der Waals surface area contributed by atoms with E-state index in [1.807, 2.05) is 4.98 Å². The van der Waals surface area contributed by atoms with Crippen LogP contribution in [-0.4, -0.2) is 64.0 Å². The van der Waals surface area contributed by atoms with Crippen LogP contribution in [0.3, 0.4) is 0 Å².